The van der Waals surface area contributed by atoms with Gasteiger partial charge in [-0.15, -0.1) is 40.8 Å². The molecule has 0 spiro atoms. The van der Waals surface area contributed by atoms with E-state index in [1.165, 1.54) is 73.7 Å². The van der Waals surface area contributed by atoms with Crippen molar-refractivity contribution in [3.8, 4) is 46.3 Å². The molecule has 76 heavy (non-hydrogen) atoms. The minimum atomic E-state index is 0.401. The second-order valence-corrected chi connectivity index (χ2v) is 21.9. The lowest BCUT2D eigenvalue weighted by Crippen LogP contribution is -2.31. The van der Waals surface area contributed by atoms with Crippen molar-refractivity contribution in [1.29, 1.82) is 0 Å². The van der Waals surface area contributed by atoms with Gasteiger partial charge in [-0.05, 0) is 159 Å². The first-order valence-corrected chi connectivity index (χ1v) is 27.7. The second kappa shape index (κ2) is 28.5. The highest BCUT2D eigenvalue weighted by molar-refractivity contribution is 5.65. The summed E-state index contributed by atoms with van der Waals surface area (Å²) in [5, 5.41) is 31.5. The molecule has 3 aromatic carbocycles. The molecule has 0 radical (unpaired) electrons. The fourth-order valence-electron chi connectivity index (χ4n) is 10.1. The Hall–Kier alpha value is -7.32. The van der Waals surface area contributed by atoms with Crippen LogP contribution in [0, 0.1) is 47.3 Å². The third-order valence-electron chi connectivity index (χ3n) is 14.8. The van der Waals surface area contributed by atoms with Crippen LogP contribution < -0.4 is 4.90 Å². The fraction of sp³-hybridized carbons (Fsp3) is 0.415. The summed E-state index contributed by atoms with van der Waals surface area (Å²) in [6.07, 6.45) is 24.2. The highest BCUT2D eigenvalue weighted by Gasteiger charge is 2.36. The molecule has 4 atom stereocenters. The first kappa shape index (κ1) is 56.4. The average Bonchev–Trinajstić information content (AvgIpc) is 4.09. The Kier molecular flexibility index (Phi) is 21.2. The SMILES string of the molecule is CC(C)C1CC/C=C/CCC1.CC(C)C1CC2C=CC1C2.CC(C)N1Cc2ccccc2C#Cc2ccccc21.CC(C)c1ccc(-c2nnc(-c3ccccn3)nn2)nc1.CC(C)c1ccc(-c2nncnn2)cc1. The molecule has 0 N–H and O–H groups in total. The quantitative estimate of drug-likeness (QED) is 0.106. The van der Waals surface area contributed by atoms with Gasteiger partial charge in [0.05, 0.1) is 5.69 Å². The minimum absolute atomic E-state index is 0.401. The van der Waals surface area contributed by atoms with Crippen LogP contribution in [0.2, 0.25) is 0 Å². The highest BCUT2D eigenvalue weighted by atomic mass is 15.3. The Morgan fingerprint density at radius 3 is 1.75 bits per heavy atom. The number of hydrogen-bond acceptors (Lipinski definition) is 11. The number of rotatable bonds is 8. The zero-order chi connectivity index (χ0) is 53.8. The molecule has 1 saturated carbocycles. The van der Waals surface area contributed by atoms with E-state index < -0.39 is 0 Å². The Balaban J connectivity index is 0.000000142. The van der Waals surface area contributed by atoms with E-state index in [2.05, 4.69) is 222 Å². The smallest absolute Gasteiger partial charge is 0.221 e. The number of allylic oxidation sites excluding steroid dienone is 4. The summed E-state index contributed by atoms with van der Waals surface area (Å²) in [6.45, 7) is 23.4. The largest absolute Gasteiger partial charge is 0.364 e. The molecule has 11 rings (SSSR count). The Bertz CT molecular complexity index is 2940. The number of aromatic nitrogens is 10. The Morgan fingerprint density at radius 1 is 0.539 bits per heavy atom. The van der Waals surface area contributed by atoms with Gasteiger partial charge in [-0.2, -0.15) is 0 Å². The Labute approximate surface area is 453 Å². The van der Waals surface area contributed by atoms with E-state index in [0.29, 0.717) is 46.7 Å². The van der Waals surface area contributed by atoms with E-state index in [4.69, 9.17) is 0 Å². The molecule has 3 aliphatic carbocycles. The lowest BCUT2D eigenvalue weighted by Gasteiger charge is -2.31. The molecular weight excluding hydrogens is 935 g/mol. The van der Waals surface area contributed by atoms with Gasteiger partial charge in [-0.25, -0.2) is 0 Å². The predicted octanol–water partition coefficient (Wildman–Crippen LogP) is 15.0. The second-order valence-electron chi connectivity index (χ2n) is 21.9. The molecule has 1 fully saturated rings. The van der Waals surface area contributed by atoms with Crippen molar-refractivity contribution in [3.05, 3.63) is 174 Å². The van der Waals surface area contributed by atoms with Gasteiger partial charge in [0.25, 0.3) is 0 Å². The van der Waals surface area contributed by atoms with Crippen molar-refractivity contribution in [2.75, 3.05) is 4.90 Å². The van der Waals surface area contributed by atoms with Crippen molar-refractivity contribution in [2.24, 2.45) is 35.5 Å². The average molecular weight is 1010 g/mol. The molecule has 394 valence electrons. The number of nitrogens with zero attached hydrogens (tertiary/aromatic N) is 11. The van der Waals surface area contributed by atoms with Gasteiger partial charge in [0.1, 0.15) is 11.4 Å². The van der Waals surface area contributed by atoms with Crippen LogP contribution in [0.25, 0.3) is 34.4 Å². The first-order chi connectivity index (χ1) is 36.8. The Morgan fingerprint density at radius 2 is 1.17 bits per heavy atom. The summed E-state index contributed by atoms with van der Waals surface area (Å²) in [5.74, 6) is 14.7. The number of anilines is 1. The van der Waals surface area contributed by atoms with Crippen LogP contribution in [0.5, 0.6) is 0 Å². The maximum Gasteiger partial charge on any atom is 0.221 e. The molecule has 2 bridgehead atoms. The minimum Gasteiger partial charge on any atom is -0.364 e. The predicted molar refractivity (Wildman–Crippen MR) is 310 cm³/mol. The van der Waals surface area contributed by atoms with Crippen molar-refractivity contribution in [3.63, 3.8) is 0 Å². The van der Waals surface area contributed by atoms with Gasteiger partial charge >= 0.3 is 0 Å². The van der Waals surface area contributed by atoms with Crippen molar-refractivity contribution >= 4 is 5.69 Å². The summed E-state index contributed by atoms with van der Waals surface area (Å²) in [7, 11) is 0. The van der Waals surface area contributed by atoms with E-state index in [1.54, 1.807) is 6.20 Å². The van der Waals surface area contributed by atoms with Gasteiger partial charge < -0.3 is 4.90 Å². The summed E-state index contributed by atoms with van der Waals surface area (Å²) in [6, 6.07) is 34.8. The lowest BCUT2D eigenvalue weighted by molar-refractivity contribution is 0.329. The van der Waals surface area contributed by atoms with E-state index in [1.807, 2.05) is 48.7 Å². The van der Waals surface area contributed by atoms with E-state index in [9.17, 15) is 0 Å². The van der Waals surface area contributed by atoms with E-state index in [-0.39, 0.29) is 0 Å². The van der Waals surface area contributed by atoms with Gasteiger partial charge in [0, 0.05) is 41.7 Å². The molecule has 7 aromatic rings. The van der Waals surface area contributed by atoms with Gasteiger partial charge in [-0.3, -0.25) is 9.97 Å². The normalized spacial score (nSPS) is 18.3. The third-order valence-corrected chi connectivity index (χ3v) is 14.8. The number of hydrogen-bond donors (Lipinski definition) is 0. The van der Waals surface area contributed by atoms with Crippen LogP contribution in [-0.4, -0.2) is 56.8 Å². The van der Waals surface area contributed by atoms with Crippen molar-refractivity contribution in [1.82, 2.24) is 50.8 Å². The van der Waals surface area contributed by atoms with Crippen molar-refractivity contribution in [2.45, 2.75) is 139 Å². The van der Waals surface area contributed by atoms with Gasteiger partial charge in [0.2, 0.25) is 17.5 Å². The van der Waals surface area contributed by atoms with Crippen LogP contribution >= 0.6 is 0 Å². The van der Waals surface area contributed by atoms with Crippen LogP contribution in [0.15, 0.2) is 146 Å². The highest BCUT2D eigenvalue weighted by Crippen LogP contribution is 2.46. The van der Waals surface area contributed by atoms with Crippen LogP contribution in [0.1, 0.15) is 154 Å². The molecule has 0 amide bonds. The standard InChI is InChI=1S/C18H17N.C15H14N6.C11H12N4.C11H20.C10H16/c1-14(2)19-13-17-9-4-3-7-15(17)11-12-16-8-5-6-10-18(16)19;1-10(2)11-6-7-13(17-9-11)15-20-18-14(19-21-15)12-5-3-4-8-16-12;1-8(2)9-3-5-10(6-4-9)11-14-12-7-13-15-11;1-10(2)11-8-6-4-3-5-7-9-11;1-7(2)10-6-8-3-4-9(10)5-8/h3-10,14H,13H2,1-2H3;3-10H,1-2H3;3-8H,1-2H3;3-4,10-11H,5-9H2,1-2H3;3-4,7-10H,5-6H2,1-2H3/b;;;4-3+;. The molecular formula is C65H79N11. The zero-order valence-corrected chi connectivity index (χ0v) is 46.6. The zero-order valence-electron chi connectivity index (χ0n) is 46.6. The molecule has 0 saturated heterocycles. The number of pyridine rings is 2. The summed E-state index contributed by atoms with van der Waals surface area (Å²) < 4.78 is 0. The maximum absolute atomic E-state index is 4.35. The monoisotopic (exact) mass is 1010 g/mol. The summed E-state index contributed by atoms with van der Waals surface area (Å²) >= 11 is 0. The summed E-state index contributed by atoms with van der Waals surface area (Å²) in [4.78, 5) is 10.9. The molecule has 4 aliphatic rings. The number of benzene rings is 3. The molecule has 11 nitrogen and oxygen atoms in total. The van der Waals surface area contributed by atoms with Gasteiger partial charge in [0.15, 0.2) is 6.33 Å². The van der Waals surface area contributed by atoms with E-state index >= 15 is 0 Å². The van der Waals surface area contributed by atoms with Crippen molar-refractivity contribution < 1.29 is 0 Å². The van der Waals surface area contributed by atoms with Gasteiger partial charge in [-0.1, -0.05) is 158 Å². The number of fused-ring (bicyclic) bond motifs is 4. The molecule has 4 aromatic heterocycles. The molecule has 4 unspecified atom stereocenters. The maximum atomic E-state index is 4.35. The third kappa shape index (κ3) is 16.3. The van der Waals surface area contributed by atoms with Crippen LogP contribution in [-0.2, 0) is 6.54 Å². The fourth-order valence-corrected chi connectivity index (χ4v) is 10.1. The number of para-hydroxylation sites is 1. The van der Waals surface area contributed by atoms with E-state index in [0.717, 1.165) is 58.7 Å². The van der Waals surface area contributed by atoms with Crippen LogP contribution in [0.4, 0.5) is 5.69 Å². The van der Waals surface area contributed by atoms with Crippen LogP contribution in [0.3, 0.4) is 0 Å². The summed E-state index contributed by atoms with van der Waals surface area (Å²) in [5.41, 5.74) is 9.52. The molecule has 1 aliphatic heterocycles. The topological polar surface area (TPSA) is 132 Å². The molecule has 5 heterocycles. The first-order valence-electron chi connectivity index (χ1n) is 27.7. The lowest BCUT2D eigenvalue weighted by atomic mass is 9.84. The molecule has 11 heteroatoms.